The maximum Gasteiger partial charge on any atom is 0.490 e. The van der Waals surface area contributed by atoms with E-state index in [1.807, 2.05) is 0 Å². The topological polar surface area (TPSA) is 115 Å². The van der Waals surface area contributed by atoms with Crippen molar-refractivity contribution in [2.75, 3.05) is 0 Å². The molecule has 1 atom stereocenters. The lowest BCUT2D eigenvalue weighted by atomic mass is 9.89. The van der Waals surface area contributed by atoms with Gasteiger partial charge in [0, 0.05) is 10.8 Å². The molecule has 1 N–H and O–H groups in total. The molecule has 1 aromatic rings. The fourth-order valence-electron chi connectivity index (χ4n) is 2.10. The highest BCUT2D eigenvalue weighted by molar-refractivity contribution is 5.88. The highest BCUT2D eigenvalue weighted by Crippen LogP contribution is 2.20. The Morgan fingerprint density at radius 3 is 3.10 bits per heavy atom. The smallest absolute Gasteiger partial charge is 0.390 e. The molecule has 9 nitrogen and oxygen atoms in total. The average molecular weight is 280 g/mol. The van der Waals surface area contributed by atoms with Gasteiger partial charge in [0.25, 0.3) is 5.91 Å². The normalized spacial score (nSPS) is 20.9. The summed E-state index contributed by atoms with van der Waals surface area (Å²) in [5, 5.41) is 18.1. The average Bonchev–Trinajstić information content (AvgIpc) is 2.86. The van der Waals surface area contributed by atoms with E-state index in [9.17, 15) is 14.9 Å². The first-order chi connectivity index (χ1) is 9.56. The van der Waals surface area contributed by atoms with Crippen molar-refractivity contribution in [1.29, 1.82) is 0 Å². The summed E-state index contributed by atoms with van der Waals surface area (Å²) in [6.07, 6.45) is 5.42. The number of nitrogens with one attached hydrogen (secondary N) is 1. The minimum Gasteiger partial charge on any atom is -0.390 e. The van der Waals surface area contributed by atoms with E-state index in [4.69, 9.17) is 0 Å². The van der Waals surface area contributed by atoms with Gasteiger partial charge in [0.2, 0.25) is 6.33 Å². The minimum atomic E-state index is -0.710. The highest BCUT2D eigenvalue weighted by Gasteiger charge is 2.17. The molecule has 0 radical (unpaired) electrons. The molecule has 0 aromatic carbocycles. The lowest BCUT2D eigenvalue weighted by molar-refractivity contribution is -0.394. The number of hydrogen-bond donors (Lipinski definition) is 1. The number of nitro groups is 1. The van der Waals surface area contributed by atoms with Crippen molar-refractivity contribution in [3.05, 3.63) is 16.4 Å². The van der Waals surface area contributed by atoms with Gasteiger partial charge in [-0.2, -0.15) is 9.78 Å². The summed E-state index contributed by atoms with van der Waals surface area (Å²) in [5.74, 6) is -0.517. The standard InChI is InChI=1S/C11H16N6O3/c1-8-4-2-3-5-9(8)13-14-10(18)6-16-7-12-11(15-16)17(19)20/h7-8H,2-6H2,1H3,(H,14,18)/t8-/m0/s1. The Hall–Kier alpha value is -2.32. The molecule has 1 aliphatic carbocycles. The van der Waals surface area contributed by atoms with Crippen molar-refractivity contribution in [2.45, 2.75) is 39.2 Å². The van der Waals surface area contributed by atoms with E-state index in [-0.39, 0.29) is 12.5 Å². The lowest BCUT2D eigenvalue weighted by Gasteiger charge is -2.19. The number of hydrogen-bond acceptors (Lipinski definition) is 6. The van der Waals surface area contributed by atoms with Crippen molar-refractivity contribution < 1.29 is 9.72 Å². The maximum atomic E-state index is 11.7. The van der Waals surface area contributed by atoms with Crippen LogP contribution < -0.4 is 5.43 Å². The van der Waals surface area contributed by atoms with Gasteiger partial charge in [-0.15, -0.1) is 0 Å². The fraction of sp³-hybridized carbons (Fsp3) is 0.636. The fourth-order valence-corrected chi connectivity index (χ4v) is 2.10. The van der Waals surface area contributed by atoms with E-state index in [0.717, 1.165) is 36.0 Å². The molecule has 0 saturated heterocycles. The van der Waals surface area contributed by atoms with Gasteiger partial charge in [0.1, 0.15) is 6.54 Å². The Balaban J connectivity index is 1.88. The molecule has 2 rings (SSSR count). The van der Waals surface area contributed by atoms with Crippen LogP contribution in [0.3, 0.4) is 0 Å². The first kappa shape index (κ1) is 14.1. The van der Waals surface area contributed by atoms with Gasteiger partial charge in [0.15, 0.2) is 0 Å². The van der Waals surface area contributed by atoms with Crippen molar-refractivity contribution in [1.82, 2.24) is 20.2 Å². The molecule has 0 aliphatic heterocycles. The van der Waals surface area contributed by atoms with Gasteiger partial charge < -0.3 is 10.1 Å². The molecule has 1 fully saturated rings. The van der Waals surface area contributed by atoms with Crippen LogP contribution in [-0.2, 0) is 11.3 Å². The summed E-state index contributed by atoms with van der Waals surface area (Å²) in [5.41, 5.74) is 3.45. The van der Waals surface area contributed by atoms with Crippen LogP contribution in [0.15, 0.2) is 11.4 Å². The summed E-state index contributed by atoms with van der Waals surface area (Å²) in [4.78, 5) is 24.8. The third-order valence-electron chi connectivity index (χ3n) is 3.21. The molecule has 1 saturated carbocycles. The zero-order valence-electron chi connectivity index (χ0n) is 11.2. The van der Waals surface area contributed by atoms with Gasteiger partial charge in [0.05, 0.1) is 0 Å². The summed E-state index contributed by atoms with van der Waals surface area (Å²) in [6, 6.07) is 0. The Labute approximate surface area is 115 Å². The summed E-state index contributed by atoms with van der Waals surface area (Å²) >= 11 is 0. The van der Waals surface area contributed by atoms with Gasteiger partial charge in [-0.05, 0) is 30.1 Å². The summed E-state index contributed by atoms with van der Waals surface area (Å²) < 4.78 is 1.11. The second-order valence-corrected chi connectivity index (χ2v) is 4.78. The summed E-state index contributed by atoms with van der Waals surface area (Å²) in [7, 11) is 0. The molecule has 0 spiro atoms. The van der Waals surface area contributed by atoms with E-state index < -0.39 is 10.9 Å². The molecule has 108 valence electrons. The van der Waals surface area contributed by atoms with E-state index in [0.29, 0.717) is 5.92 Å². The largest absolute Gasteiger partial charge is 0.490 e. The first-order valence-corrected chi connectivity index (χ1v) is 6.45. The third kappa shape index (κ3) is 3.59. The second-order valence-electron chi connectivity index (χ2n) is 4.78. The monoisotopic (exact) mass is 280 g/mol. The van der Waals surface area contributed by atoms with Crippen LogP contribution in [0, 0.1) is 16.0 Å². The van der Waals surface area contributed by atoms with Gasteiger partial charge in [-0.25, -0.2) is 5.43 Å². The van der Waals surface area contributed by atoms with Crippen LogP contribution >= 0.6 is 0 Å². The van der Waals surface area contributed by atoms with Crippen LogP contribution in [0.2, 0.25) is 0 Å². The Morgan fingerprint density at radius 2 is 2.45 bits per heavy atom. The van der Waals surface area contributed by atoms with E-state index in [1.54, 1.807) is 0 Å². The van der Waals surface area contributed by atoms with Gasteiger partial charge in [-0.1, -0.05) is 18.3 Å². The SMILES string of the molecule is C[C@H]1CCCCC1=NNC(=O)Cn1cnc([N+](=O)[O-])n1. The number of hydrazone groups is 1. The minimum absolute atomic E-state index is 0.147. The lowest BCUT2D eigenvalue weighted by Crippen LogP contribution is -2.27. The van der Waals surface area contributed by atoms with Crippen molar-refractivity contribution in [3.63, 3.8) is 0 Å². The molecule has 20 heavy (non-hydrogen) atoms. The molecule has 1 amide bonds. The van der Waals surface area contributed by atoms with Gasteiger partial charge >= 0.3 is 5.95 Å². The molecule has 1 heterocycles. The number of nitrogens with zero attached hydrogens (tertiary/aromatic N) is 5. The van der Waals surface area contributed by atoms with E-state index in [2.05, 4.69) is 27.5 Å². The molecular formula is C11H16N6O3. The second kappa shape index (κ2) is 6.22. The third-order valence-corrected chi connectivity index (χ3v) is 3.21. The number of amides is 1. The number of carbonyl (C=O) groups excluding carboxylic acids is 1. The van der Waals surface area contributed by atoms with Crippen LogP contribution in [0.25, 0.3) is 0 Å². The van der Waals surface area contributed by atoms with Crippen molar-refractivity contribution in [2.24, 2.45) is 11.0 Å². The number of carbonyl (C=O) groups is 1. The molecule has 0 bridgehead atoms. The Kier molecular flexibility index (Phi) is 4.38. The van der Waals surface area contributed by atoms with Crippen molar-refractivity contribution >= 4 is 17.6 Å². The number of rotatable bonds is 4. The van der Waals surface area contributed by atoms with Gasteiger partial charge in [-0.3, -0.25) is 4.79 Å². The predicted molar refractivity (Wildman–Crippen MR) is 69.9 cm³/mol. The highest BCUT2D eigenvalue weighted by atomic mass is 16.6. The van der Waals surface area contributed by atoms with Crippen LogP contribution in [-0.4, -0.2) is 31.3 Å². The molecule has 1 aliphatic rings. The zero-order chi connectivity index (χ0) is 14.5. The Morgan fingerprint density at radius 1 is 1.65 bits per heavy atom. The van der Waals surface area contributed by atoms with Crippen molar-refractivity contribution in [3.8, 4) is 0 Å². The molecule has 1 aromatic heterocycles. The van der Waals surface area contributed by atoms with Crippen LogP contribution in [0.4, 0.5) is 5.95 Å². The zero-order valence-corrected chi connectivity index (χ0v) is 11.2. The summed E-state index contributed by atoms with van der Waals surface area (Å²) in [6.45, 7) is 1.94. The first-order valence-electron chi connectivity index (χ1n) is 6.45. The molecule has 0 unspecified atom stereocenters. The molecular weight excluding hydrogens is 264 g/mol. The van der Waals surface area contributed by atoms with E-state index in [1.165, 1.54) is 6.42 Å². The molecule has 9 heteroatoms. The van der Waals surface area contributed by atoms with E-state index >= 15 is 0 Å². The van der Waals surface area contributed by atoms with Crippen LogP contribution in [0.5, 0.6) is 0 Å². The maximum absolute atomic E-state index is 11.7. The quantitative estimate of drug-likeness (QED) is 0.649. The Bertz CT molecular complexity index is 538. The number of aromatic nitrogens is 3. The predicted octanol–water partition coefficient (Wildman–Crippen LogP) is 0.869. The van der Waals surface area contributed by atoms with Crippen LogP contribution in [0.1, 0.15) is 32.6 Å².